The number of hydrogen-bond donors (Lipinski definition) is 1. The average molecular weight is 398 g/mol. The van der Waals surface area contributed by atoms with Crippen molar-refractivity contribution in [3.8, 4) is 0 Å². The molecule has 156 valence electrons. The van der Waals surface area contributed by atoms with Crippen LogP contribution >= 0.6 is 0 Å². The van der Waals surface area contributed by atoms with Crippen LogP contribution in [0.1, 0.15) is 12.5 Å². The van der Waals surface area contributed by atoms with Gasteiger partial charge in [0.25, 0.3) is 0 Å². The van der Waals surface area contributed by atoms with Gasteiger partial charge in [-0.05, 0) is 31.5 Å². The number of hydrogen-bond acceptors (Lipinski definition) is 4. The van der Waals surface area contributed by atoms with Gasteiger partial charge in [0.15, 0.2) is 5.96 Å². The van der Waals surface area contributed by atoms with Crippen LogP contribution in [0.4, 0.5) is 11.4 Å². The highest BCUT2D eigenvalue weighted by Crippen LogP contribution is 2.17. The molecule has 0 unspecified atom stereocenters. The van der Waals surface area contributed by atoms with E-state index in [0.717, 1.165) is 37.8 Å². The van der Waals surface area contributed by atoms with Crippen LogP contribution in [0.15, 0.2) is 41.7 Å². The van der Waals surface area contributed by atoms with Gasteiger partial charge in [-0.1, -0.05) is 12.1 Å². The molecule has 2 heterocycles. The van der Waals surface area contributed by atoms with Crippen LogP contribution in [0.2, 0.25) is 0 Å². The first-order valence-corrected chi connectivity index (χ1v) is 10.1. The van der Waals surface area contributed by atoms with Crippen LogP contribution in [-0.4, -0.2) is 72.9 Å². The van der Waals surface area contributed by atoms with Crippen LogP contribution in [0, 0.1) is 6.92 Å². The van der Waals surface area contributed by atoms with E-state index in [1.54, 1.807) is 22.8 Å². The lowest BCUT2D eigenvalue weighted by atomic mass is 10.2. The van der Waals surface area contributed by atoms with Gasteiger partial charge in [-0.15, -0.1) is 0 Å². The molecular weight excluding hydrogens is 366 g/mol. The summed E-state index contributed by atoms with van der Waals surface area (Å²) < 4.78 is 1.71. The van der Waals surface area contributed by atoms with Gasteiger partial charge < -0.3 is 20.0 Å². The molecule has 1 amide bonds. The Hall–Kier alpha value is -3.03. The minimum Gasteiger partial charge on any atom is -0.370 e. The maximum Gasteiger partial charge on any atom is 0.246 e. The first-order chi connectivity index (χ1) is 14.0. The molecule has 1 aromatic carbocycles. The molecule has 1 aliphatic rings. The smallest absolute Gasteiger partial charge is 0.246 e. The number of carbonyl (C=O) groups excluding carboxylic acids is 1. The Morgan fingerprint density at radius 3 is 2.79 bits per heavy atom. The minimum atomic E-state index is 0.0575. The second-order valence-electron chi connectivity index (χ2n) is 7.23. The van der Waals surface area contributed by atoms with E-state index in [9.17, 15) is 4.79 Å². The van der Waals surface area contributed by atoms with E-state index in [4.69, 9.17) is 0 Å². The summed E-state index contributed by atoms with van der Waals surface area (Å²) in [4.78, 5) is 23.1. The predicted molar refractivity (Wildman–Crippen MR) is 118 cm³/mol. The highest BCUT2D eigenvalue weighted by molar-refractivity contribution is 5.98. The first-order valence-electron chi connectivity index (χ1n) is 10.1. The Bertz CT molecular complexity index is 860. The van der Waals surface area contributed by atoms with Crippen molar-refractivity contribution in [2.75, 3.05) is 56.1 Å². The highest BCUT2D eigenvalue weighted by Gasteiger charge is 2.27. The van der Waals surface area contributed by atoms with E-state index in [0.29, 0.717) is 13.1 Å². The van der Waals surface area contributed by atoms with Crippen LogP contribution in [0.3, 0.4) is 0 Å². The zero-order valence-corrected chi connectivity index (χ0v) is 17.8. The van der Waals surface area contributed by atoms with E-state index in [1.165, 1.54) is 11.3 Å². The lowest BCUT2D eigenvalue weighted by Gasteiger charge is -2.35. The monoisotopic (exact) mass is 397 g/mol. The SMILES string of the molecule is CCN(CCNC(=NC)N1CCN(c2cnn(C)c2)C(=O)C1)c1cccc(C)c1. The van der Waals surface area contributed by atoms with Crippen molar-refractivity contribution in [2.45, 2.75) is 13.8 Å². The molecule has 1 saturated heterocycles. The number of amides is 1. The summed E-state index contributed by atoms with van der Waals surface area (Å²) >= 11 is 0. The summed E-state index contributed by atoms with van der Waals surface area (Å²) in [7, 11) is 3.62. The van der Waals surface area contributed by atoms with Crippen LogP contribution in [-0.2, 0) is 11.8 Å². The Labute approximate surface area is 172 Å². The predicted octanol–water partition coefficient (Wildman–Crippen LogP) is 1.48. The molecule has 0 aliphatic carbocycles. The van der Waals surface area contributed by atoms with Gasteiger partial charge >= 0.3 is 0 Å². The van der Waals surface area contributed by atoms with E-state index < -0.39 is 0 Å². The van der Waals surface area contributed by atoms with Crippen LogP contribution in [0.25, 0.3) is 0 Å². The van der Waals surface area contributed by atoms with Gasteiger partial charge in [-0.3, -0.25) is 14.5 Å². The van der Waals surface area contributed by atoms with Gasteiger partial charge in [0, 0.05) is 58.7 Å². The number of nitrogens with zero attached hydrogens (tertiary/aromatic N) is 6. The van der Waals surface area contributed by atoms with Crippen molar-refractivity contribution < 1.29 is 4.79 Å². The van der Waals surface area contributed by atoms with Crippen molar-refractivity contribution in [3.63, 3.8) is 0 Å². The zero-order chi connectivity index (χ0) is 20.8. The topological polar surface area (TPSA) is 69.0 Å². The van der Waals surface area contributed by atoms with Gasteiger partial charge in [0.05, 0.1) is 11.9 Å². The van der Waals surface area contributed by atoms with Crippen molar-refractivity contribution in [3.05, 3.63) is 42.2 Å². The third-order valence-electron chi connectivity index (χ3n) is 5.15. The molecule has 0 radical (unpaired) electrons. The van der Waals surface area contributed by atoms with Crippen LogP contribution < -0.4 is 15.1 Å². The second-order valence-corrected chi connectivity index (χ2v) is 7.23. The molecule has 1 aliphatic heterocycles. The molecule has 0 atom stereocenters. The lowest BCUT2D eigenvalue weighted by molar-refractivity contribution is -0.120. The summed E-state index contributed by atoms with van der Waals surface area (Å²) in [6, 6.07) is 8.54. The molecule has 1 fully saturated rings. The lowest BCUT2D eigenvalue weighted by Crippen LogP contribution is -2.56. The fourth-order valence-corrected chi connectivity index (χ4v) is 3.60. The summed E-state index contributed by atoms with van der Waals surface area (Å²) in [5.74, 6) is 0.826. The summed E-state index contributed by atoms with van der Waals surface area (Å²) in [6.07, 6.45) is 3.59. The highest BCUT2D eigenvalue weighted by atomic mass is 16.2. The summed E-state index contributed by atoms with van der Waals surface area (Å²) in [5, 5.41) is 7.58. The first kappa shape index (κ1) is 20.7. The van der Waals surface area contributed by atoms with Gasteiger partial charge in [0.2, 0.25) is 5.91 Å². The number of nitrogens with one attached hydrogen (secondary N) is 1. The number of piperazine rings is 1. The molecule has 1 aromatic heterocycles. The van der Waals surface area contributed by atoms with Crippen molar-refractivity contribution in [1.29, 1.82) is 0 Å². The van der Waals surface area contributed by atoms with E-state index in [-0.39, 0.29) is 5.91 Å². The number of aliphatic imine (C=N–C) groups is 1. The number of aromatic nitrogens is 2. The summed E-state index contributed by atoms with van der Waals surface area (Å²) in [5.41, 5.74) is 3.33. The van der Waals surface area contributed by atoms with E-state index in [1.807, 2.05) is 18.1 Å². The number of likely N-dealkylation sites (N-methyl/N-ethyl adjacent to an activating group) is 1. The van der Waals surface area contributed by atoms with Crippen LogP contribution in [0.5, 0.6) is 0 Å². The molecule has 8 nitrogen and oxygen atoms in total. The molecule has 1 N–H and O–H groups in total. The van der Waals surface area contributed by atoms with Crippen molar-refractivity contribution >= 4 is 23.2 Å². The second kappa shape index (κ2) is 9.45. The Kier molecular flexibility index (Phi) is 6.74. The molecule has 0 spiro atoms. The maximum atomic E-state index is 12.6. The molecular formula is C21H31N7O. The van der Waals surface area contributed by atoms with E-state index >= 15 is 0 Å². The number of anilines is 2. The average Bonchev–Trinajstić information content (AvgIpc) is 3.14. The van der Waals surface area contributed by atoms with E-state index in [2.05, 4.69) is 58.4 Å². The number of rotatable bonds is 6. The Balaban J connectivity index is 1.53. The minimum absolute atomic E-state index is 0.0575. The molecule has 0 saturated carbocycles. The van der Waals surface area contributed by atoms with Crippen molar-refractivity contribution in [2.24, 2.45) is 12.0 Å². The molecule has 29 heavy (non-hydrogen) atoms. The normalized spacial score (nSPS) is 15.0. The molecule has 2 aromatic rings. The Morgan fingerprint density at radius 2 is 2.17 bits per heavy atom. The largest absolute Gasteiger partial charge is 0.370 e. The summed E-state index contributed by atoms with van der Waals surface area (Å²) in [6.45, 7) is 8.49. The standard InChI is InChI=1S/C21H31N7O/c1-5-26(18-8-6-7-17(2)13-18)10-9-23-21(22-3)27-11-12-28(20(29)16-27)19-14-24-25(4)15-19/h6-8,13-15H,5,9-12,16H2,1-4H3,(H,22,23). The molecule has 3 rings (SSSR count). The number of aryl methyl sites for hydroxylation is 2. The molecule has 8 heteroatoms. The quantitative estimate of drug-likeness (QED) is 0.591. The fraction of sp³-hybridized carbons (Fsp3) is 0.476. The number of benzene rings is 1. The zero-order valence-electron chi connectivity index (χ0n) is 17.8. The third kappa shape index (κ3) is 5.07. The Morgan fingerprint density at radius 1 is 1.34 bits per heavy atom. The number of guanidine groups is 1. The van der Waals surface area contributed by atoms with Gasteiger partial charge in [0.1, 0.15) is 6.54 Å². The van der Waals surface area contributed by atoms with Crippen molar-refractivity contribution in [1.82, 2.24) is 20.0 Å². The fourth-order valence-electron chi connectivity index (χ4n) is 3.60. The number of carbonyl (C=O) groups is 1. The van der Waals surface area contributed by atoms with Gasteiger partial charge in [-0.25, -0.2) is 0 Å². The maximum absolute atomic E-state index is 12.6. The molecule has 0 bridgehead atoms. The van der Waals surface area contributed by atoms with Gasteiger partial charge in [-0.2, -0.15) is 5.10 Å². The third-order valence-corrected chi connectivity index (χ3v) is 5.15.